The predicted molar refractivity (Wildman–Crippen MR) is 40.4 cm³/mol. The second-order valence-electron chi connectivity index (χ2n) is 2.24. The fraction of sp³-hybridized carbons (Fsp3) is 0.429. The second-order valence-corrected chi connectivity index (χ2v) is 2.24. The van der Waals surface area contributed by atoms with E-state index in [0.29, 0.717) is 0 Å². The van der Waals surface area contributed by atoms with Gasteiger partial charge in [-0.1, -0.05) is 11.8 Å². The van der Waals surface area contributed by atoms with Gasteiger partial charge < -0.3 is 0 Å². The summed E-state index contributed by atoms with van der Waals surface area (Å²) in [6.45, 7) is 8.56. The molecule has 3 nitrogen and oxygen atoms in total. The number of allylic oxidation sites excluding steroid dienone is 1. The average molecular weight is 137 g/mol. The van der Waals surface area contributed by atoms with E-state index in [2.05, 4.69) is 16.9 Å². The highest BCUT2D eigenvalue weighted by atomic mass is 15.4. The lowest BCUT2D eigenvalue weighted by Gasteiger charge is -1.88. The van der Waals surface area contributed by atoms with E-state index in [0.717, 1.165) is 17.8 Å². The quantitative estimate of drug-likeness (QED) is 0.615. The Morgan fingerprint density at radius 3 is 2.80 bits per heavy atom. The molecule has 1 rings (SSSR count). The Balaban J connectivity index is 2.88. The molecule has 0 saturated heterocycles. The average Bonchev–Trinajstić information content (AvgIpc) is 2.34. The maximum absolute atomic E-state index is 3.90. The number of hydrogen-bond donors (Lipinski definition) is 0. The molecule has 1 aromatic heterocycles. The minimum Gasteiger partial charge on any atom is -0.252 e. The monoisotopic (exact) mass is 137 g/mol. The Morgan fingerprint density at radius 2 is 2.50 bits per heavy atom. The topological polar surface area (TPSA) is 30.7 Å². The van der Waals surface area contributed by atoms with Crippen molar-refractivity contribution in [3.8, 4) is 0 Å². The Labute approximate surface area is 60.4 Å². The third-order valence-electron chi connectivity index (χ3n) is 1.30. The number of aromatic nitrogens is 3. The van der Waals surface area contributed by atoms with Crippen LogP contribution in [0.25, 0.3) is 5.57 Å². The zero-order valence-corrected chi connectivity index (χ0v) is 6.33. The van der Waals surface area contributed by atoms with Gasteiger partial charge in [0.2, 0.25) is 0 Å². The maximum Gasteiger partial charge on any atom is 0.108 e. The molecule has 0 amide bonds. The molecule has 0 aliphatic heterocycles. The van der Waals surface area contributed by atoms with Crippen molar-refractivity contribution in [2.75, 3.05) is 0 Å². The molecule has 1 aromatic rings. The molecule has 54 valence electrons. The van der Waals surface area contributed by atoms with Gasteiger partial charge in [-0.25, -0.2) is 0 Å². The van der Waals surface area contributed by atoms with Crippen LogP contribution in [0.5, 0.6) is 0 Å². The van der Waals surface area contributed by atoms with E-state index in [-0.39, 0.29) is 0 Å². The first-order valence-corrected chi connectivity index (χ1v) is 3.30. The number of hydrogen-bond acceptors (Lipinski definition) is 2. The van der Waals surface area contributed by atoms with Crippen LogP contribution in [-0.4, -0.2) is 15.0 Å². The van der Waals surface area contributed by atoms with Gasteiger partial charge in [-0.05, 0) is 19.4 Å². The van der Waals surface area contributed by atoms with E-state index >= 15 is 0 Å². The summed E-state index contributed by atoms with van der Waals surface area (Å²) in [6, 6.07) is 0. The van der Waals surface area contributed by atoms with Gasteiger partial charge in [0.25, 0.3) is 0 Å². The molecule has 0 N–H and O–H groups in total. The first-order chi connectivity index (χ1) is 4.74. The van der Waals surface area contributed by atoms with E-state index < -0.39 is 0 Å². The summed E-state index contributed by atoms with van der Waals surface area (Å²) in [5.41, 5.74) is 1.83. The van der Waals surface area contributed by atoms with Crippen molar-refractivity contribution in [3.05, 3.63) is 18.5 Å². The van der Waals surface area contributed by atoms with Crippen LogP contribution in [0, 0.1) is 0 Å². The van der Waals surface area contributed by atoms with Crippen LogP contribution >= 0.6 is 0 Å². The molecule has 0 fully saturated rings. The van der Waals surface area contributed by atoms with Crippen molar-refractivity contribution < 1.29 is 0 Å². The molecule has 0 aliphatic carbocycles. The fourth-order valence-corrected chi connectivity index (χ4v) is 0.649. The maximum atomic E-state index is 3.90. The molecular weight excluding hydrogens is 126 g/mol. The van der Waals surface area contributed by atoms with Gasteiger partial charge in [-0.15, -0.1) is 5.10 Å². The Hall–Kier alpha value is -1.12. The SMILES string of the molecule is C=C(C)c1cn(CC)nn1. The van der Waals surface area contributed by atoms with Crippen molar-refractivity contribution >= 4 is 5.57 Å². The summed E-state index contributed by atoms with van der Waals surface area (Å²) in [5, 5.41) is 7.76. The van der Waals surface area contributed by atoms with Crippen molar-refractivity contribution in [2.24, 2.45) is 0 Å². The second kappa shape index (κ2) is 2.64. The van der Waals surface area contributed by atoms with E-state index in [9.17, 15) is 0 Å². The summed E-state index contributed by atoms with van der Waals surface area (Å²) in [6.07, 6.45) is 1.89. The van der Waals surface area contributed by atoms with Gasteiger partial charge in [0.15, 0.2) is 0 Å². The number of rotatable bonds is 2. The smallest absolute Gasteiger partial charge is 0.108 e. The molecule has 0 atom stereocenters. The van der Waals surface area contributed by atoms with Crippen LogP contribution in [0.3, 0.4) is 0 Å². The number of aryl methyl sites for hydroxylation is 1. The van der Waals surface area contributed by atoms with Crippen molar-refractivity contribution in [1.82, 2.24) is 15.0 Å². The minimum absolute atomic E-state index is 0.861. The molecule has 0 aromatic carbocycles. The van der Waals surface area contributed by atoms with Gasteiger partial charge in [0, 0.05) is 6.54 Å². The zero-order chi connectivity index (χ0) is 7.56. The van der Waals surface area contributed by atoms with E-state index in [1.54, 1.807) is 4.68 Å². The standard InChI is InChI=1S/C7H11N3/c1-4-10-5-7(6(2)3)8-9-10/h5H,2,4H2,1,3H3. The highest BCUT2D eigenvalue weighted by Gasteiger charge is 1.97. The van der Waals surface area contributed by atoms with Gasteiger partial charge in [0.1, 0.15) is 5.69 Å². The molecule has 0 radical (unpaired) electrons. The van der Waals surface area contributed by atoms with Crippen LogP contribution in [0.1, 0.15) is 19.5 Å². The van der Waals surface area contributed by atoms with Gasteiger partial charge in [-0.3, -0.25) is 4.68 Å². The van der Waals surface area contributed by atoms with Crippen molar-refractivity contribution in [2.45, 2.75) is 20.4 Å². The molecule has 0 unspecified atom stereocenters. The van der Waals surface area contributed by atoms with Gasteiger partial charge in [0.05, 0.1) is 6.20 Å². The summed E-state index contributed by atoms with van der Waals surface area (Å²) in [4.78, 5) is 0. The summed E-state index contributed by atoms with van der Waals surface area (Å²) in [5.74, 6) is 0. The third-order valence-corrected chi connectivity index (χ3v) is 1.30. The fourth-order valence-electron chi connectivity index (χ4n) is 0.649. The molecule has 3 heteroatoms. The minimum atomic E-state index is 0.861. The first-order valence-electron chi connectivity index (χ1n) is 3.30. The highest BCUT2D eigenvalue weighted by molar-refractivity contribution is 5.56. The van der Waals surface area contributed by atoms with Gasteiger partial charge in [-0.2, -0.15) is 0 Å². The lowest BCUT2D eigenvalue weighted by atomic mass is 10.3. The predicted octanol–water partition coefficient (Wildman–Crippen LogP) is 1.33. The Bertz CT molecular complexity index is 237. The normalized spacial score (nSPS) is 9.80. The lowest BCUT2D eigenvalue weighted by molar-refractivity contribution is 0.626. The third kappa shape index (κ3) is 1.23. The molecular formula is C7H11N3. The van der Waals surface area contributed by atoms with Crippen LogP contribution in [0.2, 0.25) is 0 Å². The molecule has 0 bridgehead atoms. The van der Waals surface area contributed by atoms with Crippen LogP contribution in [0.15, 0.2) is 12.8 Å². The van der Waals surface area contributed by atoms with Crippen molar-refractivity contribution in [1.29, 1.82) is 0 Å². The van der Waals surface area contributed by atoms with E-state index in [1.165, 1.54) is 0 Å². The summed E-state index contributed by atoms with van der Waals surface area (Å²) >= 11 is 0. The molecule has 10 heavy (non-hydrogen) atoms. The van der Waals surface area contributed by atoms with E-state index in [4.69, 9.17) is 0 Å². The van der Waals surface area contributed by atoms with Crippen LogP contribution < -0.4 is 0 Å². The zero-order valence-electron chi connectivity index (χ0n) is 6.33. The molecule has 0 saturated carbocycles. The number of nitrogens with zero attached hydrogens (tertiary/aromatic N) is 3. The molecule has 0 spiro atoms. The lowest BCUT2D eigenvalue weighted by Crippen LogP contribution is -1.93. The highest BCUT2D eigenvalue weighted by Crippen LogP contribution is 2.04. The van der Waals surface area contributed by atoms with Crippen LogP contribution in [-0.2, 0) is 6.54 Å². The van der Waals surface area contributed by atoms with E-state index in [1.807, 2.05) is 20.0 Å². The first kappa shape index (κ1) is 6.99. The largest absolute Gasteiger partial charge is 0.252 e. The van der Waals surface area contributed by atoms with Crippen LogP contribution in [0.4, 0.5) is 0 Å². The molecule has 0 aliphatic rings. The Morgan fingerprint density at radius 1 is 1.80 bits per heavy atom. The summed E-state index contributed by atoms with van der Waals surface area (Å²) < 4.78 is 1.78. The van der Waals surface area contributed by atoms with Crippen molar-refractivity contribution in [3.63, 3.8) is 0 Å². The summed E-state index contributed by atoms with van der Waals surface area (Å²) in [7, 11) is 0. The Kier molecular flexibility index (Phi) is 1.85. The molecule has 1 heterocycles. The van der Waals surface area contributed by atoms with Gasteiger partial charge >= 0.3 is 0 Å².